The summed E-state index contributed by atoms with van der Waals surface area (Å²) in [6, 6.07) is 10.4. The first kappa shape index (κ1) is 53.8. The highest BCUT2D eigenvalue weighted by molar-refractivity contribution is 5.72. The van der Waals surface area contributed by atoms with Crippen molar-refractivity contribution in [1.29, 1.82) is 0 Å². The van der Waals surface area contributed by atoms with Crippen LogP contribution in [0.15, 0.2) is 30.3 Å². The molecule has 1 aromatic carbocycles. The van der Waals surface area contributed by atoms with E-state index in [0.717, 1.165) is 32.0 Å². The molecule has 1 aromatic rings. The molecule has 0 spiro atoms. The highest BCUT2D eigenvalue weighted by atomic mass is 19.4. The van der Waals surface area contributed by atoms with Gasteiger partial charge in [0, 0.05) is 0 Å². The molecular formula is C32H52F9N7O6. The van der Waals surface area contributed by atoms with Gasteiger partial charge in [-0.15, -0.1) is 0 Å². The van der Waals surface area contributed by atoms with E-state index in [1.807, 2.05) is 6.07 Å². The van der Waals surface area contributed by atoms with Crippen LogP contribution in [0.3, 0.4) is 0 Å². The molecule has 10 N–H and O–H groups in total. The van der Waals surface area contributed by atoms with Gasteiger partial charge in [0.1, 0.15) is 17.9 Å². The van der Waals surface area contributed by atoms with Gasteiger partial charge in [0.05, 0.1) is 39.8 Å². The molecule has 0 unspecified atom stereocenters. The maximum Gasteiger partial charge on any atom is 0.430 e. The number of aliphatic carboxylic acids is 3. The molecule has 0 bridgehead atoms. The van der Waals surface area contributed by atoms with Gasteiger partial charge in [0.25, 0.3) is 0 Å². The monoisotopic (exact) mass is 801 g/mol. The van der Waals surface area contributed by atoms with E-state index in [0.29, 0.717) is 5.96 Å². The van der Waals surface area contributed by atoms with Crippen LogP contribution in [0.4, 0.5) is 39.5 Å². The normalized spacial score (nSPS) is 11.6. The predicted molar refractivity (Wildman–Crippen MR) is 173 cm³/mol. The van der Waals surface area contributed by atoms with E-state index >= 15 is 0 Å². The van der Waals surface area contributed by atoms with Gasteiger partial charge in [-0.2, -0.15) is 39.5 Å². The molecule has 0 saturated carbocycles. The van der Waals surface area contributed by atoms with Gasteiger partial charge in [0.2, 0.25) is 0 Å². The van der Waals surface area contributed by atoms with Crippen LogP contribution in [-0.4, -0.2) is 86.2 Å². The Balaban J connectivity index is -0.000000997. The number of nitrogens with one attached hydrogen (secondary N) is 2. The standard InChI is InChI=1S/C26H49N7.3C2HF3O2/c1-33(26(29)32-23-24-17-11-10-12-18-24)22-16-9-5-4-7-14-20-30-19-13-6-2-3-8-15-21-31-25(27)28;3*3-2(4,5)1(6)7/h10-12,17-18,30H,2-9,13-16,19-23H2,1H3,(H6,27,28,29,31,32);3*(H,6,7). The topological polar surface area (TPSA) is 244 Å². The molecule has 0 fully saturated rings. The Morgan fingerprint density at radius 1 is 0.648 bits per heavy atom. The third-order valence-corrected chi connectivity index (χ3v) is 6.74. The fraction of sp³-hybridized carbons (Fsp3) is 0.656. The van der Waals surface area contributed by atoms with E-state index in [2.05, 4.69) is 51.5 Å². The lowest BCUT2D eigenvalue weighted by atomic mass is 10.1. The van der Waals surface area contributed by atoms with Crippen LogP contribution in [0.1, 0.15) is 82.6 Å². The first-order valence-electron chi connectivity index (χ1n) is 16.8. The zero-order valence-corrected chi connectivity index (χ0v) is 30.0. The lowest BCUT2D eigenvalue weighted by Gasteiger charge is -2.07. The Hall–Kier alpha value is -4.50. The van der Waals surface area contributed by atoms with Crippen LogP contribution >= 0.6 is 0 Å². The van der Waals surface area contributed by atoms with Crippen LogP contribution in [0.5, 0.6) is 0 Å². The van der Waals surface area contributed by atoms with Crippen molar-refractivity contribution in [3.8, 4) is 0 Å². The second-order valence-electron chi connectivity index (χ2n) is 11.5. The zero-order valence-electron chi connectivity index (χ0n) is 30.0. The van der Waals surface area contributed by atoms with Crippen molar-refractivity contribution >= 4 is 29.8 Å². The SMILES string of the molecule is C[N+](CCCCCCCC[NH2+]CCCCCCCC[NH+]=C(N)N)=C(N)NCc1ccccc1.O=C([O-])C(F)(F)F.O=C([O-])C(F)(F)F.O=C([O-])C(F)(F)F. The number of benzene rings is 1. The van der Waals surface area contributed by atoms with E-state index in [-0.39, 0.29) is 0 Å². The van der Waals surface area contributed by atoms with E-state index in [1.165, 1.54) is 89.3 Å². The number of carbonyl (C=O) groups excluding carboxylic acids is 3. The molecule has 0 aromatic heterocycles. The third-order valence-electron chi connectivity index (χ3n) is 6.74. The van der Waals surface area contributed by atoms with Crippen molar-refractivity contribution in [3.63, 3.8) is 0 Å². The first-order chi connectivity index (χ1) is 24.9. The molecule has 0 radical (unpaired) electrons. The van der Waals surface area contributed by atoms with Crippen LogP contribution in [0.2, 0.25) is 0 Å². The molecule has 0 saturated heterocycles. The molecule has 54 heavy (non-hydrogen) atoms. The van der Waals surface area contributed by atoms with E-state index < -0.39 is 36.4 Å². The average Bonchev–Trinajstić information content (AvgIpc) is 3.06. The maximum absolute atomic E-state index is 10.5. The molecule has 0 heterocycles. The van der Waals surface area contributed by atoms with E-state index in [9.17, 15) is 39.5 Å². The third kappa shape index (κ3) is 38.7. The quantitative estimate of drug-likeness (QED) is 0.0285. The summed E-state index contributed by atoms with van der Waals surface area (Å²) in [5.74, 6) is -7.92. The Labute approximate surface area is 307 Å². The largest absolute Gasteiger partial charge is 0.542 e. The molecule has 0 aliphatic carbocycles. The minimum Gasteiger partial charge on any atom is -0.542 e. The van der Waals surface area contributed by atoms with Gasteiger partial charge in [-0.1, -0.05) is 68.9 Å². The number of hydrogen-bond acceptors (Lipinski definition) is 6. The summed E-state index contributed by atoms with van der Waals surface area (Å²) in [5, 5.41) is 32.2. The van der Waals surface area contributed by atoms with Crippen molar-refractivity contribution in [1.82, 2.24) is 5.32 Å². The number of unbranched alkanes of at least 4 members (excludes halogenated alkanes) is 10. The van der Waals surface area contributed by atoms with Gasteiger partial charge in [-0.25, -0.2) is 0 Å². The first-order valence-corrected chi connectivity index (χ1v) is 16.8. The van der Waals surface area contributed by atoms with E-state index in [4.69, 9.17) is 46.9 Å². The lowest BCUT2D eigenvalue weighted by Crippen LogP contribution is -2.84. The Kier molecular flexibility index (Phi) is 30.8. The number of nitrogens with two attached hydrogens (primary N) is 4. The summed E-state index contributed by atoms with van der Waals surface area (Å²) in [7, 11) is 2.07. The highest BCUT2D eigenvalue weighted by Crippen LogP contribution is 2.13. The second-order valence-corrected chi connectivity index (χ2v) is 11.5. The molecule has 13 nitrogen and oxygen atoms in total. The van der Waals surface area contributed by atoms with Gasteiger partial charge in [-0.05, 0) is 44.1 Å². The van der Waals surface area contributed by atoms with Gasteiger partial charge in [0.15, 0.2) is 0 Å². The fourth-order valence-electron chi connectivity index (χ4n) is 3.89. The summed E-state index contributed by atoms with van der Waals surface area (Å²) < 4.78 is 96.8. The summed E-state index contributed by atoms with van der Waals surface area (Å²) >= 11 is 0. The second kappa shape index (κ2) is 30.9. The number of nitrogens with zero attached hydrogens (tertiary/aromatic N) is 1. The molecule has 0 aliphatic heterocycles. The van der Waals surface area contributed by atoms with Gasteiger partial charge in [-0.3, -0.25) is 32.1 Å². The summed E-state index contributed by atoms with van der Waals surface area (Å²) in [6.45, 7) is 5.25. The number of carboxylic acid groups (broad SMARTS) is 3. The van der Waals surface area contributed by atoms with Crippen molar-refractivity contribution < 1.29 is 84.1 Å². The van der Waals surface area contributed by atoms with Crippen LogP contribution in [-0.2, 0) is 20.9 Å². The number of carbonyl (C=O) groups is 3. The average molecular weight is 802 g/mol. The Morgan fingerprint density at radius 3 is 1.37 bits per heavy atom. The summed E-state index contributed by atoms with van der Waals surface area (Å²) in [5.41, 5.74) is 18.2. The summed E-state index contributed by atoms with van der Waals surface area (Å²) in [6.07, 6.45) is 0.0615. The number of hydrogen-bond donors (Lipinski definition) is 6. The van der Waals surface area contributed by atoms with Crippen LogP contribution in [0.25, 0.3) is 0 Å². The van der Waals surface area contributed by atoms with Crippen molar-refractivity contribution in [3.05, 3.63) is 35.9 Å². The van der Waals surface area contributed by atoms with Gasteiger partial charge >= 0.3 is 30.4 Å². The predicted octanol–water partition coefficient (Wildman–Crippen LogP) is -1.77. The number of carboxylic acids is 3. The molecule has 1 rings (SSSR count). The molecular weight excluding hydrogens is 749 g/mol. The smallest absolute Gasteiger partial charge is 0.430 e. The maximum atomic E-state index is 10.5. The van der Waals surface area contributed by atoms with E-state index in [1.54, 1.807) is 0 Å². The minimum absolute atomic E-state index is 0.334. The number of quaternary nitrogens is 1. The molecule has 0 aliphatic rings. The summed E-state index contributed by atoms with van der Waals surface area (Å²) in [4.78, 5) is 29.3. The number of halogens is 9. The Morgan fingerprint density at radius 2 is 1.00 bits per heavy atom. The van der Waals surface area contributed by atoms with Gasteiger partial charge < -0.3 is 35.0 Å². The number of alkyl halides is 9. The number of rotatable bonds is 20. The minimum atomic E-state index is -5.19. The zero-order chi connectivity index (χ0) is 42.2. The molecule has 0 amide bonds. The van der Waals surface area contributed by atoms with Crippen molar-refractivity contribution in [2.75, 3.05) is 33.2 Å². The Bertz CT molecular complexity index is 1160. The molecule has 22 heteroatoms. The van der Waals surface area contributed by atoms with Crippen molar-refractivity contribution in [2.24, 2.45) is 17.2 Å². The molecule has 314 valence electrons. The fourth-order valence-corrected chi connectivity index (χ4v) is 3.89. The number of guanidine groups is 2. The van der Waals surface area contributed by atoms with Crippen molar-refractivity contribution in [2.45, 2.75) is 102 Å². The van der Waals surface area contributed by atoms with Crippen LogP contribution < -0.4 is 48.1 Å². The van der Waals surface area contributed by atoms with Crippen LogP contribution in [0, 0.1) is 0 Å². The highest BCUT2D eigenvalue weighted by Gasteiger charge is 2.30. The molecule has 0 atom stereocenters. The lowest BCUT2D eigenvalue weighted by molar-refractivity contribution is -0.655.